The van der Waals surface area contributed by atoms with Crippen molar-refractivity contribution in [1.29, 1.82) is 0 Å². The summed E-state index contributed by atoms with van der Waals surface area (Å²) in [5.41, 5.74) is 2.49. The van der Waals surface area contributed by atoms with Gasteiger partial charge in [0.15, 0.2) is 0 Å². The lowest BCUT2D eigenvalue weighted by Crippen LogP contribution is -2.35. The number of hydrogen-bond donors (Lipinski definition) is 2. The summed E-state index contributed by atoms with van der Waals surface area (Å²) in [7, 11) is 0. The van der Waals surface area contributed by atoms with Crippen LogP contribution in [0.4, 0.5) is 0 Å². The number of H-pyrrole nitrogens is 1. The Labute approximate surface area is 131 Å². The van der Waals surface area contributed by atoms with E-state index in [4.69, 9.17) is 0 Å². The number of carbonyl (C=O) groups excluding carboxylic acids is 1. The van der Waals surface area contributed by atoms with Crippen LogP contribution in [0.3, 0.4) is 0 Å². The number of amides is 1. The zero-order chi connectivity index (χ0) is 15.2. The van der Waals surface area contributed by atoms with Gasteiger partial charge in [0.25, 0.3) is 0 Å². The molecule has 0 bridgehead atoms. The molecule has 1 aromatic carbocycles. The Morgan fingerprint density at radius 1 is 1.23 bits per heavy atom. The van der Waals surface area contributed by atoms with Gasteiger partial charge >= 0.3 is 0 Å². The van der Waals surface area contributed by atoms with E-state index in [9.17, 15) is 4.79 Å². The molecule has 2 N–H and O–H groups in total. The standard InChI is InChI=1S/C19H24N2O/c22-19(21-16-9-2-1-3-10-16)13-7-4-8-15-14-20-18-12-6-5-11-17(15)18/h5-7,11-14,16,20H,1-4,8-10H2,(H,21,22). The zero-order valence-corrected chi connectivity index (χ0v) is 13.0. The van der Waals surface area contributed by atoms with E-state index in [0.717, 1.165) is 25.7 Å². The first kappa shape index (κ1) is 14.9. The van der Waals surface area contributed by atoms with E-state index in [2.05, 4.69) is 34.7 Å². The van der Waals surface area contributed by atoms with Crippen LogP contribution in [0.25, 0.3) is 10.9 Å². The molecule has 3 nitrogen and oxygen atoms in total. The predicted octanol–water partition coefficient (Wildman–Crippen LogP) is 4.11. The molecule has 1 saturated carbocycles. The third-order valence-electron chi connectivity index (χ3n) is 4.48. The molecule has 1 aliphatic carbocycles. The van der Waals surface area contributed by atoms with Crippen LogP contribution >= 0.6 is 0 Å². The van der Waals surface area contributed by atoms with Crippen molar-refractivity contribution < 1.29 is 4.79 Å². The van der Waals surface area contributed by atoms with Gasteiger partial charge in [-0.2, -0.15) is 0 Å². The maximum atomic E-state index is 11.9. The summed E-state index contributed by atoms with van der Waals surface area (Å²) in [4.78, 5) is 15.2. The highest BCUT2D eigenvalue weighted by Crippen LogP contribution is 2.19. The van der Waals surface area contributed by atoms with Crippen LogP contribution in [0, 0.1) is 0 Å². The highest BCUT2D eigenvalue weighted by atomic mass is 16.1. The highest BCUT2D eigenvalue weighted by molar-refractivity contribution is 5.87. The number of aromatic nitrogens is 1. The van der Waals surface area contributed by atoms with Crippen LogP contribution in [-0.4, -0.2) is 16.9 Å². The van der Waals surface area contributed by atoms with Gasteiger partial charge in [-0.3, -0.25) is 4.79 Å². The monoisotopic (exact) mass is 296 g/mol. The lowest BCUT2D eigenvalue weighted by molar-refractivity contribution is -0.117. The van der Waals surface area contributed by atoms with Crippen molar-refractivity contribution in [3.8, 4) is 0 Å². The van der Waals surface area contributed by atoms with Gasteiger partial charge in [0.1, 0.15) is 0 Å². The van der Waals surface area contributed by atoms with Gasteiger partial charge in [-0.25, -0.2) is 0 Å². The van der Waals surface area contributed by atoms with E-state index in [0.29, 0.717) is 6.04 Å². The molecule has 0 unspecified atom stereocenters. The fourth-order valence-electron chi connectivity index (χ4n) is 3.26. The van der Waals surface area contributed by atoms with E-state index >= 15 is 0 Å². The minimum absolute atomic E-state index is 0.0610. The van der Waals surface area contributed by atoms with E-state index in [-0.39, 0.29) is 5.91 Å². The molecule has 1 amide bonds. The van der Waals surface area contributed by atoms with Gasteiger partial charge in [-0.1, -0.05) is 43.5 Å². The summed E-state index contributed by atoms with van der Waals surface area (Å²) in [6.45, 7) is 0. The highest BCUT2D eigenvalue weighted by Gasteiger charge is 2.13. The normalized spacial score (nSPS) is 16.4. The molecule has 1 aromatic heterocycles. The van der Waals surface area contributed by atoms with Gasteiger partial charge in [-0.15, -0.1) is 0 Å². The van der Waals surface area contributed by atoms with Gasteiger partial charge < -0.3 is 10.3 Å². The van der Waals surface area contributed by atoms with Crippen molar-refractivity contribution in [2.24, 2.45) is 0 Å². The smallest absolute Gasteiger partial charge is 0.243 e. The van der Waals surface area contributed by atoms with Crippen molar-refractivity contribution in [3.05, 3.63) is 48.2 Å². The molecule has 1 fully saturated rings. The Morgan fingerprint density at radius 2 is 2.05 bits per heavy atom. The first-order valence-corrected chi connectivity index (χ1v) is 8.35. The summed E-state index contributed by atoms with van der Waals surface area (Å²) < 4.78 is 0. The lowest BCUT2D eigenvalue weighted by atomic mass is 9.95. The van der Waals surface area contributed by atoms with Gasteiger partial charge in [-0.05, 0) is 43.4 Å². The van der Waals surface area contributed by atoms with Gasteiger partial charge in [0.05, 0.1) is 0 Å². The Hall–Kier alpha value is -2.03. The third-order valence-corrected chi connectivity index (χ3v) is 4.48. The quantitative estimate of drug-likeness (QED) is 0.801. The van der Waals surface area contributed by atoms with Crippen molar-refractivity contribution in [2.75, 3.05) is 0 Å². The number of hydrogen-bond acceptors (Lipinski definition) is 1. The topological polar surface area (TPSA) is 44.9 Å². The molecule has 0 aliphatic heterocycles. The molecule has 3 heteroatoms. The largest absolute Gasteiger partial charge is 0.361 e. The van der Waals surface area contributed by atoms with E-state index in [1.165, 1.54) is 35.7 Å². The fourth-order valence-corrected chi connectivity index (χ4v) is 3.26. The van der Waals surface area contributed by atoms with Gasteiger partial charge in [0, 0.05) is 23.1 Å². The van der Waals surface area contributed by atoms with Crippen LogP contribution in [0.5, 0.6) is 0 Å². The molecule has 0 atom stereocenters. The third kappa shape index (κ3) is 3.79. The SMILES string of the molecule is O=C(C=CCCc1c[nH]c2ccccc12)NC1CCCCC1. The molecule has 2 aromatic rings. The first-order chi connectivity index (χ1) is 10.8. The van der Waals surface area contributed by atoms with Crippen molar-refractivity contribution in [2.45, 2.75) is 51.0 Å². The molecular formula is C19H24N2O. The van der Waals surface area contributed by atoms with E-state index < -0.39 is 0 Å². The minimum atomic E-state index is 0.0610. The minimum Gasteiger partial charge on any atom is -0.361 e. The van der Waals surface area contributed by atoms with Crippen LogP contribution in [0.2, 0.25) is 0 Å². The number of allylic oxidation sites excluding steroid dienone is 1. The lowest BCUT2D eigenvalue weighted by Gasteiger charge is -2.21. The molecule has 3 rings (SSSR count). The summed E-state index contributed by atoms with van der Waals surface area (Å²) in [5.74, 6) is 0.0610. The van der Waals surface area contributed by atoms with Crippen LogP contribution in [0.1, 0.15) is 44.1 Å². The Morgan fingerprint density at radius 3 is 2.91 bits per heavy atom. The summed E-state index contributed by atoms with van der Waals surface area (Å²) >= 11 is 0. The summed E-state index contributed by atoms with van der Waals surface area (Å²) in [5, 5.41) is 4.39. The maximum Gasteiger partial charge on any atom is 0.243 e. The molecular weight excluding hydrogens is 272 g/mol. The van der Waals surface area contributed by atoms with E-state index in [1.807, 2.05) is 12.1 Å². The number of aromatic amines is 1. The molecule has 0 spiro atoms. The second-order valence-electron chi connectivity index (χ2n) is 6.14. The zero-order valence-electron chi connectivity index (χ0n) is 13.0. The Balaban J connectivity index is 1.46. The van der Waals surface area contributed by atoms with E-state index in [1.54, 1.807) is 6.08 Å². The predicted molar refractivity (Wildman–Crippen MR) is 90.8 cm³/mol. The Kier molecular flexibility index (Phi) is 4.94. The number of para-hydroxylation sites is 1. The molecule has 1 heterocycles. The van der Waals surface area contributed by atoms with Crippen LogP contribution in [-0.2, 0) is 11.2 Å². The number of nitrogens with one attached hydrogen (secondary N) is 2. The molecule has 116 valence electrons. The van der Waals surface area contributed by atoms with Crippen molar-refractivity contribution in [1.82, 2.24) is 10.3 Å². The van der Waals surface area contributed by atoms with Crippen LogP contribution < -0.4 is 5.32 Å². The number of fused-ring (bicyclic) bond motifs is 1. The van der Waals surface area contributed by atoms with Gasteiger partial charge in [0.2, 0.25) is 5.91 Å². The van der Waals surface area contributed by atoms with Crippen molar-refractivity contribution in [3.63, 3.8) is 0 Å². The number of carbonyl (C=O) groups is 1. The molecule has 1 aliphatic rings. The second-order valence-corrected chi connectivity index (χ2v) is 6.14. The molecule has 22 heavy (non-hydrogen) atoms. The van der Waals surface area contributed by atoms with Crippen molar-refractivity contribution >= 4 is 16.8 Å². The summed E-state index contributed by atoms with van der Waals surface area (Å²) in [6.07, 6.45) is 13.7. The first-order valence-electron chi connectivity index (χ1n) is 8.35. The summed E-state index contributed by atoms with van der Waals surface area (Å²) in [6, 6.07) is 8.72. The number of rotatable bonds is 5. The molecule has 0 radical (unpaired) electrons. The fraction of sp³-hybridized carbons (Fsp3) is 0.421. The number of aryl methyl sites for hydroxylation is 1. The van der Waals surface area contributed by atoms with Crippen LogP contribution in [0.15, 0.2) is 42.6 Å². The second kappa shape index (κ2) is 7.30. The Bertz CT molecular complexity index is 650. The number of benzene rings is 1. The maximum absolute atomic E-state index is 11.9. The average molecular weight is 296 g/mol. The average Bonchev–Trinajstić information content (AvgIpc) is 2.96. The molecule has 0 saturated heterocycles.